The predicted octanol–water partition coefficient (Wildman–Crippen LogP) is 6.10. The molecule has 2 heterocycles. The average Bonchev–Trinajstić information content (AvgIpc) is 3.46. The summed E-state index contributed by atoms with van der Waals surface area (Å²) in [4.78, 5) is 29.9. The van der Waals surface area contributed by atoms with E-state index in [1.54, 1.807) is 0 Å². The van der Waals surface area contributed by atoms with Crippen molar-refractivity contribution in [3.8, 4) is 0 Å². The van der Waals surface area contributed by atoms with Crippen molar-refractivity contribution in [2.24, 2.45) is 10.1 Å². The molecule has 7 heteroatoms. The van der Waals surface area contributed by atoms with Gasteiger partial charge in [-0.05, 0) is 62.1 Å². The Bertz CT molecular complexity index is 1410. The fraction of sp³-hybridized carbons (Fsp3) is 0.267. The molecule has 0 saturated carbocycles. The molecule has 2 aliphatic heterocycles. The van der Waals surface area contributed by atoms with Crippen LogP contribution in [-0.2, 0) is 9.59 Å². The van der Waals surface area contributed by atoms with E-state index >= 15 is 0 Å². The Morgan fingerprint density at radius 1 is 0.946 bits per heavy atom. The van der Waals surface area contributed by atoms with E-state index in [1.165, 1.54) is 22.9 Å². The van der Waals surface area contributed by atoms with Gasteiger partial charge in [-0.3, -0.25) is 9.59 Å². The molecule has 0 saturated heterocycles. The van der Waals surface area contributed by atoms with Crippen LogP contribution in [0.15, 0.2) is 76.8 Å². The lowest BCUT2D eigenvalue weighted by Gasteiger charge is -2.23. The monoisotopic (exact) mass is 510 g/mol. The standard InChI is InChI=1S/C30H30N4O2S/c1-18-5-10-22(11-6-18)25-16-26(23-12-7-19(2)8-13-23)34(33-25)30-32-29(36)27(37-30)17-28(35)31-24-14-9-20(3)21(4)15-24/h5-15,26-27H,16-17H2,1-4H3,(H,31,35)/t26-,27-/m0/s1. The van der Waals surface area contributed by atoms with Gasteiger partial charge in [-0.1, -0.05) is 77.5 Å². The number of benzene rings is 3. The Hall–Kier alpha value is -3.71. The highest BCUT2D eigenvalue weighted by atomic mass is 32.2. The summed E-state index contributed by atoms with van der Waals surface area (Å²) in [5, 5.41) is 9.69. The molecule has 1 N–H and O–H groups in total. The van der Waals surface area contributed by atoms with Gasteiger partial charge >= 0.3 is 0 Å². The van der Waals surface area contributed by atoms with Crippen LogP contribution in [0.25, 0.3) is 0 Å². The summed E-state index contributed by atoms with van der Waals surface area (Å²) in [7, 11) is 0. The van der Waals surface area contributed by atoms with E-state index < -0.39 is 5.25 Å². The minimum atomic E-state index is -0.571. The molecule has 3 aromatic rings. The largest absolute Gasteiger partial charge is 0.326 e. The SMILES string of the molecule is Cc1ccc(C2=NN(C3=NC(=O)[C@H](CC(=O)Nc4ccc(C)c(C)c4)S3)[C@H](c3ccc(C)cc3)C2)cc1. The molecule has 3 aromatic carbocycles. The van der Waals surface area contributed by atoms with Gasteiger partial charge in [0.15, 0.2) is 5.17 Å². The number of hydrogen-bond acceptors (Lipinski definition) is 5. The van der Waals surface area contributed by atoms with Crippen LogP contribution >= 0.6 is 11.8 Å². The van der Waals surface area contributed by atoms with Crippen LogP contribution < -0.4 is 5.32 Å². The third kappa shape index (κ3) is 5.52. The predicted molar refractivity (Wildman–Crippen MR) is 151 cm³/mol. The van der Waals surface area contributed by atoms with Crippen LogP contribution in [0.1, 0.15) is 52.3 Å². The number of aryl methyl sites for hydroxylation is 4. The summed E-state index contributed by atoms with van der Waals surface area (Å²) >= 11 is 1.32. The van der Waals surface area contributed by atoms with Crippen LogP contribution in [-0.4, -0.2) is 33.0 Å². The van der Waals surface area contributed by atoms with Crippen LogP contribution in [0.4, 0.5) is 5.69 Å². The molecule has 0 fully saturated rings. The van der Waals surface area contributed by atoms with Crippen molar-refractivity contribution >= 4 is 40.1 Å². The Balaban J connectivity index is 1.34. The number of carbonyl (C=O) groups is 2. The van der Waals surface area contributed by atoms with Gasteiger partial charge in [-0.25, -0.2) is 5.01 Å². The van der Waals surface area contributed by atoms with Gasteiger partial charge in [0.1, 0.15) is 5.25 Å². The van der Waals surface area contributed by atoms with Gasteiger partial charge in [0, 0.05) is 18.5 Å². The van der Waals surface area contributed by atoms with E-state index in [0.29, 0.717) is 11.6 Å². The first-order chi connectivity index (χ1) is 17.8. The van der Waals surface area contributed by atoms with Gasteiger partial charge in [0.25, 0.3) is 5.91 Å². The van der Waals surface area contributed by atoms with Crippen molar-refractivity contribution in [2.75, 3.05) is 5.32 Å². The summed E-state index contributed by atoms with van der Waals surface area (Å²) in [6.45, 7) is 8.16. The number of amides is 2. The Morgan fingerprint density at radius 2 is 1.62 bits per heavy atom. The number of rotatable bonds is 5. The van der Waals surface area contributed by atoms with Gasteiger partial charge < -0.3 is 5.32 Å². The number of anilines is 1. The topological polar surface area (TPSA) is 74.1 Å². The highest BCUT2D eigenvalue weighted by Gasteiger charge is 2.39. The fourth-order valence-corrected chi connectivity index (χ4v) is 5.52. The Morgan fingerprint density at radius 3 is 2.30 bits per heavy atom. The lowest BCUT2D eigenvalue weighted by molar-refractivity contribution is -0.121. The lowest BCUT2D eigenvalue weighted by atomic mass is 9.97. The third-order valence-corrected chi connectivity index (χ3v) is 7.99. The fourth-order valence-electron chi connectivity index (χ4n) is 4.46. The van der Waals surface area contributed by atoms with Crippen LogP contribution in [0.2, 0.25) is 0 Å². The van der Waals surface area contributed by atoms with Gasteiger partial charge in [-0.2, -0.15) is 10.1 Å². The molecule has 0 bridgehead atoms. The average molecular weight is 511 g/mol. The first-order valence-electron chi connectivity index (χ1n) is 12.4. The quantitative estimate of drug-likeness (QED) is 0.450. The maximum atomic E-state index is 12.8. The zero-order valence-electron chi connectivity index (χ0n) is 21.5. The second kappa shape index (κ2) is 10.3. The van der Waals surface area contributed by atoms with E-state index in [1.807, 2.05) is 37.1 Å². The van der Waals surface area contributed by atoms with Gasteiger partial charge in [-0.15, -0.1) is 0 Å². The number of hydrazone groups is 1. The molecule has 2 atom stereocenters. The van der Waals surface area contributed by atoms with E-state index in [4.69, 9.17) is 5.10 Å². The molecule has 5 rings (SSSR count). The third-order valence-electron chi connectivity index (χ3n) is 6.84. The van der Waals surface area contributed by atoms with Crippen molar-refractivity contribution in [2.45, 2.75) is 51.8 Å². The summed E-state index contributed by atoms with van der Waals surface area (Å²) < 4.78 is 0. The molecule has 188 valence electrons. The van der Waals surface area contributed by atoms with Crippen molar-refractivity contribution in [1.82, 2.24) is 5.01 Å². The highest BCUT2D eigenvalue weighted by Crippen LogP contribution is 2.38. The maximum absolute atomic E-state index is 12.8. The summed E-state index contributed by atoms with van der Waals surface area (Å²) in [6.07, 6.45) is 0.763. The summed E-state index contributed by atoms with van der Waals surface area (Å²) in [5.74, 6) is -0.497. The molecule has 2 amide bonds. The minimum absolute atomic E-state index is 0.0565. The molecule has 0 unspecified atom stereocenters. The highest BCUT2D eigenvalue weighted by molar-refractivity contribution is 8.15. The summed E-state index contributed by atoms with van der Waals surface area (Å²) in [5.41, 5.74) is 8.51. The van der Waals surface area contributed by atoms with Crippen molar-refractivity contribution in [1.29, 1.82) is 0 Å². The van der Waals surface area contributed by atoms with Crippen molar-refractivity contribution < 1.29 is 9.59 Å². The molecular weight excluding hydrogens is 480 g/mol. The first kappa shape index (κ1) is 25.0. The normalized spacial score (nSPS) is 19.1. The van der Waals surface area contributed by atoms with Crippen molar-refractivity contribution in [3.63, 3.8) is 0 Å². The van der Waals surface area contributed by atoms with Crippen LogP contribution in [0.3, 0.4) is 0 Å². The number of amidine groups is 1. The van der Waals surface area contributed by atoms with Crippen LogP contribution in [0.5, 0.6) is 0 Å². The number of thioether (sulfide) groups is 1. The van der Waals surface area contributed by atoms with E-state index in [-0.39, 0.29) is 24.3 Å². The van der Waals surface area contributed by atoms with E-state index in [0.717, 1.165) is 33.7 Å². The Kier molecular flexibility index (Phi) is 6.98. The molecular formula is C30H30N4O2S. The second-order valence-corrected chi connectivity index (χ2v) is 10.9. The second-order valence-electron chi connectivity index (χ2n) is 9.78. The number of carbonyl (C=O) groups excluding carboxylic acids is 2. The summed E-state index contributed by atoms with van der Waals surface area (Å²) in [6, 6.07) is 22.4. The maximum Gasteiger partial charge on any atom is 0.262 e. The molecule has 37 heavy (non-hydrogen) atoms. The number of nitrogens with zero attached hydrogens (tertiary/aromatic N) is 3. The van der Waals surface area contributed by atoms with Crippen molar-refractivity contribution in [3.05, 3.63) is 100 Å². The Labute approximate surface area is 221 Å². The lowest BCUT2D eigenvalue weighted by Crippen LogP contribution is -2.25. The van der Waals surface area contributed by atoms with E-state index in [2.05, 4.69) is 72.7 Å². The van der Waals surface area contributed by atoms with Gasteiger partial charge in [0.05, 0.1) is 11.8 Å². The molecule has 0 aromatic heterocycles. The number of hydrogen-bond donors (Lipinski definition) is 1. The molecule has 6 nitrogen and oxygen atoms in total. The number of aliphatic imine (C=N–C) groups is 1. The molecule has 0 spiro atoms. The number of nitrogens with one attached hydrogen (secondary N) is 1. The smallest absolute Gasteiger partial charge is 0.262 e. The van der Waals surface area contributed by atoms with Gasteiger partial charge in [0.2, 0.25) is 5.91 Å². The van der Waals surface area contributed by atoms with Crippen LogP contribution in [0, 0.1) is 27.7 Å². The zero-order chi connectivity index (χ0) is 26.1. The zero-order valence-corrected chi connectivity index (χ0v) is 22.3. The molecule has 0 aliphatic carbocycles. The van der Waals surface area contributed by atoms with E-state index in [9.17, 15) is 9.59 Å². The molecule has 2 aliphatic rings. The minimum Gasteiger partial charge on any atom is -0.326 e. The first-order valence-corrected chi connectivity index (χ1v) is 13.3. The molecule has 0 radical (unpaired) electrons.